The molecule has 0 unspecified atom stereocenters. The summed E-state index contributed by atoms with van der Waals surface area (Å²) >= 11 is 0. The molecule has 1 aromatic rings. The van der Waals surface area contributed by atoms with E-state index in [4.69, 9.17) is 4.74 Å². The van der Waals surface area contributed by atoms with Crippen LogP contribution in [-0.4, -0.2) is 50.7 Å². The van der Waals surface area contributed by atoms with Crippen molar-refractivity contribution in [1.29, 1.82) is 0 Å². The van der Waals surface area contributed by atoms with E-state index in [0.29, 0.717) is 13.2 Å². The predicted molar refractivity (Wildman–Crippen MR) is 86.8 cm³/mol. The van der Waals surface area contributed by atoms with Crippen molar-refractivity contribution in [3.63, 3.8) is 0 Å². The zero-order valence-corrected chi connectivity index (χ0v) is 13.4. The number of halogens is 1. The second-order valence-corrected chi connectivity index (χ2v) is 5.26. The maximum Gasteiger partial charge on any atom is 0.228 e. The van der Waals surface area contributed by atoms with Gasteiger partial charge in [-0.05, 0) is 18.4 Å². The third kappa shape index (κ3) is 5.65. The van der Waals surface area contributed by atoms with Gasteiger partial charge in [-0.3, -0.25) is 4.79 Å². The number of methoxy groups -OCH3 is 1. The number of benzene rings is 1. The monoisotopic (exact) mass is 312 g/mol. The largest absolute Gasteiger partial charge is 0.383 e. The fourth-order valence-corrected chi connectivity index (χ4v) is 2.37. The molecule has 5 heteroatoms. The highest BCUT2D eigenvalue weighted by Gasteiger charge is 2.28. The van der Waals surface area contributed by atoms with E-state index in [-0.39, 0.29) is 24.2 Å². The number of hydrogen-bond acceptors (Lipinski definition) is 3. The van der Waals surface area contributed by atoms with Gasteiger partial charge in [0.1, 0.15) is 0 Å². The van der Waals surface area contributed by atoms with Crippen LogP contribution in [0.4, 0.5) is 0 Å². The molecule has 1 amide bonds. The van der Waals surface area contributed by atoms with Crippen molar-refractivity contribution in [3.05, 3.63) is 35.9 Å². The van der Waals surface area contributed by atoms with Gasteiger partial charge in [0.05, 0.1) is 12.5 Å². The molecule has 1 N–H and O–H groups in total. The summed E-state index contributed by atoms with van der Waals surface area (Å²) in [6.45, 7) is 3.76. The van der Waals surface area contributed by atoms with Crippen molar-refractivity contribution < 1.29 is 9.53 Å². The smallest absolute Gasteiger partial charge is 0.228 e. The third-order valence-electron chi connectivity index (χ3n) is 3.74. The minimum absolute atomic E-state index is 0. The fraction of sp³-hybridized carbons (Fsp3) is 0.562. The van der Waals surface area contributed by atoms with Gasteiger partial charge in [-0.1, -0.05) is 30.3 Å². The van der Waals surface area contributed by atoms with Gasteiger partial charge < -0.3 is 15.0 Å². The number of aryl methyl sites for hydroxylation is 1. The average molecular weight is 313 g/mol. The lowest BCUT2D eigenvalue weighted by Gasteiger charge is -2.32. The number of ether oxygens (including phenoxy) is 1. The van der Waals surface area contributed by atoms with E-state index in [1.807, 2.05) is 11.0 Å². The molecule has 0 aliphatic carbocycles. The number of carbonyl (C=O) groups excluding carboxylic acids is 1. The highest BCUT2D eigenvalue weighted by Crippen LogP contribution is 2.10. The van der Waals surface area contributed by atoms with Crippen LogP contribution < -0.4 is 5.32 Å². The topological polar surface area (TPSA) is 41.6 Å². The second-order valence-electron chi connectivity index (χ2n) is 5.26. The number of amides is 1. The van der Waals surface area contributed by atoms with E-state index < -0.39 is 0 Å². The molecule has 2 rings (SSSR count). The van der Waals surface area contributed by atoms with Gasteiger partial charge in [-0.2, -0.15) is 0 Å². The summed E-state index contributed by atoms with van der Waals surface area (Å²) in [4.78, 5) is 14.3. The molecule has 0 radical (unpaired) electrons. The number of hydrogen-bond donors (Lipinski definition) is 1. The van der Waals surface area contributed by atoms with Crippen LogP contribution in [0.1, 0.15) is 12.0 Å². The molecule has 0 spiro atoms. The molecule has 0 saturated carbocycles. The van der Waals surface area contributed by atoms with Crippen molar-refractivity contribution in [3.8, 4) is 0 Å². The minimum Gasteiger partial charge on any atom is -0.383 e. The van der Waals surface area contributed by atoms with Crippen molar-refractivity contribution in [2.75, 3.05) is 39.9 Å². The van der Waals surface area contributed by atoms with Gasteiger partial charge in [-0.25, -0.2) is 0 Å². The lowest BCUT2D eigenvalue weighted by Crippen LogP contribution is -2.52. The van der Waals surface area contributed by atoms with Crippen molar-refractivity contribution >= 4 is 18.3 Å². The van der Waals surface area contributed by atoms with E-state index in [1.165, 1.54) is 5.56 Å². The zero-order valence-electron chi connectivity index (χ0n) is 12.6. The molecule has 0 aromatic heterocycles. The summed E-state index contributed by atoms with van der Waals surface area (Å²) in [5.41, 5.74) is 1.33. The molecule has 118 valence electrons. The lowest BCUT2D eigenvalue weighted by atomic mass is 10.0. The van der Waals surface area contributed by atoms with Gasteiger partial charge in [0.15, 0.2) is 0 Å². The van der Waals surface area contributed by atoms with E-state index in [1.54, 1.807) is 7.11 Å². The molecule has 1 aliphatic heterocycles. The Bertz CT molecular complexity index is 410. The molecule has 1 saturated heterocycles. The summed E-state index contributed by atoms with van der Waals surface area (Å²) in [6.07, 6.45) is 2.01. The Morgan fingerprint density at radius 1 is 1.29 bits per heavy atom. The van der Waals surface area contributed by atoms with E-state index in [2.05, 4.69) is 29.6 Å². The second kappa shape index (κ2) is 9.77. The van der Waals surface area contributed by atoms with Crippen molar-refractivity contribution in [2.45, 2.75) is 12.8 Å². The summed E-state index contributed by atoms with van der Waals surface area (Å²) in [7, 11) is 1.68. The van der Waals surface area contributed by atoms with Gasteiger partial charge in [0.2, 0.25) is 5.91 Å². The van der Waals surface area contributed by atoms with Crippen LogP contribution >= 0.6 is 12.4 Å². The first-order chi connectivity index (χ1) is 9.81. The molecule has 1 heterocycles. The Labute approximate surface area is 133 Å². The molecule has 1 aromatic carbocycles. The summed E-state index contributed by atoms with van der Waals surface area (Å²) in [5.74, 6) is 0.442. The average Bonchev–Trinajstić information content (AvgIpc) is 2.41. The number of rotatable bonds is 8. The standard InChI is InChI=1S/C16H24N2O2.ClH/c1-20-11-10-18(16(19)15-12-17-13-15)9-5-8-14-6-3-2-4-7-14;/h2-4,6-7,15,17H,5,8-13H2,1H3;1H. The first kappa shape index (κ1) is 18.0. The van der Waals surface area contributed by atoms with Gasteiger partial charge >= 0.3 is 0 Å². The first-order valence-electron chi connectivity index (χ1n) is 7.33. The number of nitrogens with zero attached hydrogens (tertiary/aromatic N) is 1. The van der Waals surface area contributed by atoms with Crippen LogP contribution in [0, 0.1) is 5.92 Å². The maximum absolute atomic E-state index is 12.3. The van der Waals surface area contributed by atoms with Crippen LogP contribution in [0.2, 0.25) is 0 Å². The zero-order chi connectivity index (χ0) is 14.2. The summed E-state index contributed by atoms with van der Waals surface area (Å²) in [5, 5.41) is 3.16. The predicted octanol–water partition coefficient (Wildman–Crippen LogP) is 1.74. The lowest BCUT2D eigenvalue weighted by molar-refractivity contribution is -0.137. The Kier molecular flexibility index (Phi) is 8.35. The van der Waals surface area contributed by atoms with Crippen LogP contribution in [-0.2, 0) is 16.0 Å². The molecule has 4 nitrogen and oxygen atoms in total. The quantitative estimate of drug-likeness (QED) is 0.795. The highest BCUT2D eigenvalue weighted by molar-refractivity contribution is 5.85. The highest BCUT2D eigenvalue weighted by atomic mass is 35.5. The van der Waals surface area contributed by atoms with E-state index in [9.17, 15) is 4.79 Å². The maximum atomic E-state index is 12.3. The van der Waals surface area contributed by atoms with Crippen LogP contribution in [0.3, 0.4) is 0 Å². The molecule has 0 atom stereocenters. The Hall–Kier alpha value is -1.10. The Balaban J connectivity index is 0.00000220. The molecular weight excluding hydrogens is 288 g/mol. The minimum atomic E-state index is 0. The molecule has 1 fully saturated rings. The van der Waals surface area contributed by atoms with Crippen molar-refractivity contribution in [1.82, 2.24) is 10.2 Å². The van der Waals surface area contributed by atoms with E-state index >= 15 is 0 Å². The molecule has 1 aliphatic rings. The van der Waals surface area contributed by atoms with E-state index in [0.717, 1.165) is 32.5 Å². The van der Waals surface area contributed by atoms with Gasteiger partial charge in [-0.15, -0.1) is 12.4 Å². The molecule has 21 heavy (non-hydrogen) atoms. The van der Waals surface area contributed by atoms with Gasteiger partial charge in [0.25, 0.3) is 0 Å². The number of nitrogens with one attached hydrogen (secondary N) is 1. The van der Waals surface area contributed by atoms with Crippen LogP contribution in [0.25, 0.3) is 0 Å². The fourth-order valence-electron chi connectivity index (χ4n) is 2.37. The van der Waals surface area contributed by atoms with Gasteiger partial charge in [0, 0.05) is 33.3 Å². The molecule has 0 bridgehead atoms. The Morgan fingerprint density at radius 3 is 2.57 bits per heavy atom. The first-order valence-corrected chi connectivity index (χ1v) is 7.33. The SMILES string of the molecule is COCCN(CCCc1ccccc1)C(=O)C1CNC1.Cl. The van der Waals surface area contributed by atoms with Crippen molar-refractivity contribution in [2.24, 2.45) is 5.92 Å². The third-order valence-corrected chi connectivity index (χ3v) is 3.74. The summed E-state index contributed by atoms with van der Waals surface area (Å²) in [6, 6.07) is 10.4. The van der Waals surface area contributed by atoms with Crippen LogP contribution in [0.15, 0.2) is 30.3 Å². The Morgan fingerprint density at radius 2 is 2.00 bits per heavy atom. The van der Waals surface area contributed by atoms with Crippen LogP contribution in [0.5, 0.6) is 0 Å². The number of carbonyl (C=O) groups is 1. The molecular formula is C16H25ClN2O2. The normalized spacial score (nSPS) is 14.1. The summed E-state index contributed by atoms with van der Waals surface area (Å²) < 4.78 is 5.11.